The second kappa shape index (κ2) is 5.35. The maximum Gasteiger partial charge on any atom is 0.138 e. The Morgan fingerprint density at radius 2 is 1.17 bits per heavy atom. The van der Waals surface area contributed by atoms with Gasteiger partial charge in [-0.3, -0.25) is 0 Å². The molecule has 1 nitrogen and oxygen atoms in total. The quantitative estimate of drug-likeness (QED) is 0.763. The average molecular weight is 296 g/mol. The number of anilines is 1. The predicted molar refractivity (Wildman–Crippen MR) is 94.1 cm³/mol. The molecule has 0 aliphatic rings. The summed E-state index contributed by atoms with van der Waals surface area (Å²) < 4.78 is 2.78. The van der Waals surface area contributed by atoms with Crippen LogP contribution in [0.2, 0.25) is 52.4 Å². The SMILES string of the molecule is C[SiH](C)c1ccc(N([Si](C)(C)C)[Si](C)(C)C)cc1. The van der Waals surface area contributed by atoms with Gasteiger partial charge in [0.05, 0.1) is 8.80 Å². The molecule has 4 heteroatoms. The van der Waals surface area contributed by atoms with E-state index in [1.165, 1.54) is 5.69 Å². The van der Waals surface area contributed by atoms with Crippen LogP contribution in [0.3, 0.4) is 0 Å². The van der Waals surface area contributed by atoms with Gasteiger partial charge in [-0.05, 0) is 12.1 Å². The second-order valence-corrected chi connectivity index (χ2v) is 20.4. The van der Waals surface area contributed by atoms with E-state index in [0.717, 1.165) is 0 Å². The van der Waals surface area contributed by atoms with E-state index in [1.807, 2.05) is 0 Å². The van der Waals surface area contributed by atoms with E-state index in [4.69, 9.17) is 0 Å². The Morgan fingerprint density at radius 1 is 0.778 bits per heavy atom. The molecule has 0 spiro atoms. The Balaban J connectivity index is 3.16. The molecule has 1 rings (SSSR count). The zero-order chi connectivity index (χ0) is 14.1. The normalized spacial score (nSPS) is 12.9. The molecule has 0 heterocycles. The third-order valence-electron chi connectivity index (χ3n) is 3.16. The minimum absolute atomic E-state index is 0.661. The van der Waals surface area contributed by atoms with Crippen molar-refractivity contribution in [3.8, 4) is 0 Å². The maximum atomic E-state index is 2.78. The molecule has 1 aromatic rings. The molecule has 0 unspecified atom stereocenters. The Kier molecular flexibility index (Phi) is 4.67. The van der Waals surface area contributed by atoms with Gasteiger partial charge >= 0.3 is 0 Å². The Morgan fingerprint density at radius 3 is 1.44 bits per heavy atom. The summed E-state index contributed by atoms with van der Waals surface area (Å²) >= 11 is 0. The summed E-state index contributed by atoms with van der Waals surface area (Å²) in [6.45, 7) is 19.5. The van der Waals surface area contributed by atoms with Gasteiger partial charge in [-0.1, -0.05) is 69.7 Å². The van der Waals surface area contributed by atoms with Crippen molar-refractivity contribution in [1.29, 1.82) is 0 Å². The first-order chi connectivity index (χ1) is 8.03. The molecule has 0 saturated heterocycles. The number of hydrogen-bond donors (Lipinski definition) is 0. The highest BCUT2D eigenvalue weighted by atomic mass is 28.4. The summed E-state index contributed by atoms with van der Waals surface area (Å²) in [5, 5.41) is 1.57. The fourth-order valence-corrected chi connectivity index (χ4v) is 13.6. The fourth-order valence-electron chi connectivity index (χ4n) is 2.79. The lowest BCUT2D eigenvalue weighted by atomic mass is 10.3. The first kappa shape index (κ1) is 15.7. The first-order valence-corrected chi connectivity index (χ1v) is 16.7. The van der Waals surface area contributed by atoms with Crippen molar-refractivity contribution in [2.75, 3.05) is 4.23 Å². The van der Waals surface area contributed by atoms with E-state index >= 15 is 0 Å². The van der Waals surface area contributed by atoms with Gasteiger partial charge < -0.3 is 4.23 Å². The van der Waals surface area contributed by atoms with Gasteiger partial charge in [0.2, 0.25) is 0 Å². The number of rotatable bonds is 4. The molecule has 18 heavy (non-hydrogen) atoms. The molecule has 0 atom stereocenters. The van der Waals surface area contributed by atoms with Crippen LogP contribution in [0.4, 0.5) is 5.69 Å². The smallest absolute Gasteiger partial charge is 0.138 e. The number of nitrogens with zero attached hydrogens (tertiary/aromatic N) is 1. The summed E-state index contributed by atoms with van der Waals surface area (Å²) in [6.07, 6.45) is 0. The van der Waals surface area contributed by atoms with Gasteiger partial charge in [-0.15, -0.1) is 0 Å². The molecule has 102 valence electrons. The Hall–Kier alpha value is -0.329. The zero-order valence-electron chi connectivity index (χ0n) is 13.3. The fraction of sp³-hybridized carbons (Fsp3) is 0.571. The molecule has 0 N–H and O–H groups in total. The van der Waals surface area contributed by atoms with Crippen LogP contribution in [0.15, 0.2) is 24.3 Å². The molecule has 0 aromatic heterocycles. The van der Waals surface area contributed by atoms with Crippen molar-refractivity contribution in [2.24, 2.45) is 0 Å². The van der Waals surface area contributed by atoms with Crippen molar-refractivity contribution in [2.45, 2.75) is 52.4 Å². The molecular formula is C14H29NSi3. The lowest BCUT2D eigenvalue weighted by Crippen LogP contribution is -2.59. The van der Waals surface area contributed by atoms with Gasteiger partial charge in [-0.2, -0.15) is 0 Å². The summed E-state index contributed by atoms with van der Waals surface area (Å²) in [6, 6.07) is 9.44. The molecule has 1 aromatic carbocycles. The minimum Gasteiger partial charge on any atom is -0.425 e. The Labute approximate surface area is 117 Å². The van der Waals surface area contributed by atoms with Crippen molar-refractivity contribution < 1.29 is 0 Å². The molecule has 0 fully saturated rings. The molecule has 0 aliphatic heterocycles. The highest BCUT2D eigenvalue weighted by Gasteiger charge is 2.34. The molecule has 0 radical (unpaired) electrons. The molecule has 0 aliphatic carbocycles. The average Bonchev–Trinajstić information content (AvgIpc) is 2.13. The molecule has 0 amide bonds. The summed E-state index contributed by atoms with van der Waals surface area (Å²) in [7, 11) is -3.26. The second-order valence-electron chi connectivity index (χ2n) is 7.42. The van der Waals surface area contributed by atoms with E-state index in [1.54, 1.807) is 5.19 Å². The Bertz CT molecular complexity index is 371. The lowest BCUT2D eigenvalue weighted by molar-refractivity contribution is 1.35. The minimum atomic E-state index is -1.30. The van der Waals surface area contributed by atoms with Crippen LogP contribution < -0.4 is 9.42 Å². The van der Waals surface area contributed by atoms with Crippen LogP contribution in [-0.2, 0) is 0 Å². The number of hydrogen-bond acceptors (Lipinski definition) is 1. The van der Waals surface area contributed by atoms with Gasteiger partial charge in [0, 0.05) is 5.69 Å². The lowest BCUT2D eigenvalue weighted by Gasteiger charge is -2.46. The van der Waals surface area contributed by atoms with E-state index in [0.29, 0.717) is 0 Å². The highest BCUT2D eigenvalue weighted by Crippen LogP contribution is 2.27. The van der Waals surface area contributed by atoms with E-state index < -0.39 is 25.3 Å². The molecule has 0 saturated carbocycles. The van der Waals surface area contributed by atoms with Gasteiger partial charge in [0.1, 0.15) is 16.5 Å². The van der Waals surface area contributed by atoms with E-state index in [9.17, 15) is 0 Å². The summed E-state index contributed by atoms with van der Waals surface area (Å²) in [5.41, 5.74) is 1.45. The van der Waals surface area contributed by atoms with Crippen molar-refractivity contribution in [3.05, 3.63) is 24.3 Å². The largest absolute Gasteiger partial charge is 0.425 e. The van der Waals surface area contributed by atoms with Crippen LogP contribution in [-0.4, -0.2) is 25.3 Å². The van der Waals surface area contributed by atoms with Crippen LogP contribution in [0, 0.1) is 0 Å². The van der Waals surface area contributed by atoms with Crippen molar-refractivity contribution >= 4 is 36.1 Å². The third-order valence-corrected chi connectivity index (χ3v) is 12.1. The van der Waals surface area contributed by atoms with E-state index in [2.05, 4.69) is 80.9 Å². The zero-order valence-corrected chi connectivity index (χ0v) is 16.5. The van der Waals surface area contributed by atoms with Crippen LogP contribution >= 0.6 is 0 Å². The van der Waals surface area contributed by atoms with Crippen LogP contribution in [0.1, 0.15) is 0 Å². The topological polar surface area (TPSA) is 3.24 Å². The maximum absolute atomic E-state index is 2.78. The summed E-state index contributed by atoms with van der Waals surface area (Å²) in [5.74, 6) is 0. The summed E-state index contributed by atoms with van der Waals surface area (Å²) in [4.78, 5) is 0. The van der Waals surface area contributed by atoms with Gasteiger partial charge in [-0.25, -0.2) is 0 Å². The molecular weight excluding hydrogens is 266 g/mol. The van der Waals surface area contributed by atoms with Gasteiger partial charge in [0.25, 0.3) is 0 Å². The van der Waals surface area contributed by atoms with Crippen LogP contribution in [0.25, 0.3) is 0 Å². The standard InChI is InChI=1S/C14H29NSi3/c1-16(2)14-11-9-13(10-12-14)15(17(3,4)5)18(6,7)8/h9-12,16H,1-8H3. The van der Waals surface area contributed by atoms with Crippen LogP contribution in [0.5, 0.6) is 0 Å². The predicted octanol–water partition coefficient (Wildman–Crippen LogP) is 3.86. The van der Waals surface area contributed by atoms with Gasteiger partial charge in [0.15, 0.2) is 0 Å². The van der Waals surface area contributed by atoms with Crippen molar-refractivity contribution in [1.82, 2.24) is 0 Å². The van der Waals surface area contributed by atoms with Crippen molar-refractivity contribution in [3.63, 3.8) is 0 Å². The van der Waals surface area contributed by atoms with E-state index in [-0.39, 0.29) is 0 Å². The molecule has 0 bridgehead atoms. The third kappa shape index (κ3) is 3.83. The highest BCUT2D eigenvalue weighted by molar-refractivity contribution is 6.99. The number of benzene rings is 1. The first-order valence-electron chi connectivity index (χ1n) is 6.94. The monoisotopic (exact) mass is 295 g/mol.